The van der Waals surface area contributed by atoms with E-state index >= 15 is 0 Å². The number of aliphatic hydroxyl groups is 1. The van der Waals surface area contributed by atoms with Crippen LogP contribution in [0, 0.1) is 0 Å². The molecule has 0 spiro atoms. The Bertz CT molecular complexity index is 388. The van der Waals surface area contributed by atoms with Gasteiger partial charge in [-0.1, -0.05) is 12.7 Å². The molecule has 1 saturated heterocycles. The minimum Gasteiger partial charge on any atom is -0.504 e. The number of carbonyl (C=O) groups is 1. The van der Waals surface area contributed by atoms with Crippen LogP contribution < -0.4 is 0 Å². The van der Waals surface area contributed by atoms with Crippen molar-refractivity contribution in [2.24, 2.45) is 0 Å². The molecule has 1 amide bonds. The molecule has 1 rings (SSSR count). The Balaban J connectivity index is 2.55. The Labute approximate surface area is 112 Å². The average Bonchev–Trinajstić information content (AvgIpc) is 2.42. The maximum absolute atomic E-state index is 10.9. The topological polar surface area (TPSA) is 79.2 Å². The van der Waals surface area contributed by atoms with E-state index in [-0.39, 0.29) is 30.8 Å². The van der Waals surface area contributed by atoms with Gasteiger partial charge in [-0.25, -0.2) is 4.79 Å². The van der Waals surface area contributed by atoms with Crippen LogP contribution in [0.3, 0.4) is 0 Å². The summed E-state index contributed by atoms with van der Waals surface area (Å²) < 4.78 is 10.8. The van der Waals surface area contributed by atoms with Crippen LogP contribution in [-0.2, 0) is 9.47 Å². The average molecular weight is 269 g/mol. The zero-order valence-corrected chi connectivity index (χ0v) is 10.9. The van der Waals surface area contributed by atoms with Gasteiger partial charge in [0.1, 0.15) is 12.7 Å². The number of carboxylic acid groups (broad SMARTS) is 1. The number of ether oxygens (including phenoxy) is 2. The van der Waals surface area contributed by atoms with Gasteiger partial charge in [-0.3, -0.25) is 0 Å². The second-order valence-electron chi connectivity index (χ2n) is 3.99. The summed E-state index contributed by atoms with van der Waals surface area (Å²) in [6.07, 6.45) is 3.30. The third-order valence-corrected chi connectivity index (χ3v) is 2.60. The van der Waals surface area contributed by atoms with Crippen LogP contribution in [0.25, 0.3) is 0 Å². The largest absolute Gasteiger partial charge is 0.504 e. The summed E-state index contributed by atoms with van der Waals surface area (Å²) in [5.41, 5.74) is 0. The van der Waals surface area contributed by atoms with E-state index < -0.39 is 6.09 Å². The first kappa shape index (κ1) is 15.1. The first-order valence-electron chi connectivity index (χ1n) is 5.99. The van der Waals surface area contributed by atoms with Crippen molar-refractivity contribution in [1.29, 1.82) is 0 Å². The molecular formula is C13H19NO5. The van der Waals surface area contributed by atoms with Crippen molar-refractivity contribution in [3.8, 4) is 0 Å². The summed E-state index contributed by atoms with van der Waals surface area (Å²) >= 11 is 0. The molecule has 1 aliphatic rings. The molecule has 1 aliphatic heterocycles. The minimum absolute atomic E-state index is 0.0657. The quantitative estimate of drug-likeness (QED) is 0.588. The van der Waals surface area contributed by atoms with Crippen molar-refractivity contribution >= 4 is 6.09 Å². The van der Waals surface area contributed by atoms with E-state index in [1.807, 2.05) is 0 Å². The first-order valence-corrected chi connectivity index (χ1v) is 5.99. The molecule has 0 aliphatic carbocycles. The van der Waals surface area contributed by atoms with Gasteiger partial charge in [0.15, 0.2) is 11.5 Å². The van der Waals surface area contributed by atoms with Crippen molar-refractivity contribution in [3.05, 3.63) is 36.3 Å². The van der Waals surface area contributed by atoms with Crippen LogP contribution in [0.5, 0.6) is 0 Å². The maximum Gasteiger partial charge on any atom is 0.407 e. The van der Waals surface area contributed by atoms with Gasteiger partial charge in [0.2, 0.25) is 0 Å². The van der Waals surface area contributed by atoms with Gasteiger partial charge in [-0.15, -0.1) is 0 Å². The van der Waals surface area contributed by atoms with E-state index in [2.05, 4.69) is 6.58 Å². The highest BCUT2D eigenvalue weighted by Gasteiger charge is 2.24. The van der Waals surface area contributed by atoms with Crippen molar-refractivity contribution in [2.45, 2.75) is 13.0 Å². The number of allylic oxidation sites excluding steroid dienone is 3. The van der Waals surface area contributed by atoms with E-state index in [1.165, 1.54) is 11.0 Å². The predicted molar refractivity (Wildman–Crippen MR) is 70.0 cm³/mol. The van der Waals surface area contributed by atoms with Crippen LogP contribution in [0.2, 0.25) is 0 Å². The zero-order chi connectivity index (χ0) is 14.3. The highest BCUT2D eigenvalue weighted by Crippen LogP contribution is 2.11. The summed E-state index contributed by atoms with van der Waals surface area (Å²) in [5, 5.41) is 18.5. The molecule has 6 nitrogen and oxygen atoms in total. The normalized spacial score (nSPS) is 21.1. The van der Waals surface area contributed by atoms with Gasteiger partial charge in [0.25, 0.3) is 0 Å². The second-order valence-corrected chi connectivity index (χ2v) is 3.99. The number of hydrogen-bond donors (Lipinski definition) is 2. The van der Waals surface area contributed by atoms with Crippen molar-refractivity contribution in [3.63, 3.8) is 0 Å². The number of aliphatic hydroxyl groups excluding tert-OH is 1. The molecule has 0 aromatic rings. The molecule has 1 atom stereocenters. The summed E-state index contributed by atoms with van der Waals surface area (Å²) in [4.78, 5) is 12.1. The standard InChI is InChI=1S/C13H19NO5/c1-3-5-12(11(15)4-2)19-9-10-8-14(13(16)17)6-7-18-10/h3-5,10,15H,2,6-9H2,1H3,(H,16,17)/b5-3-,12-11-. The van der Waals surface area contributed by atoms with Crippen LogP contribution in [0.15, 0.2) is 36.3 Å². The Hall–Kier alpha value is -1.95. The molecule has 1 heterocycles. The molecular weight excluding hydrogens is 250 g/mol. The lowest BCUT2D eigenvalue weighted by molar-refractivity contribution is -0.0516. The third-order valence-electron chi connectivity index (χ3n) is 2.60. The number of amides is 1. The lowest BCUT2D eigenvalue weighted by Gasteiger charge is -2.30. The molecule has 106 valence electrons. The lowest BCUT2D eigenvalue weighted by Crippen LogP contribution is -2.46. The van der Waals surface area contributed by atoms with E-state index in [1.54, 1.807) is 19.1 Å². The van der Waals surface area contributed by atoms with Gasteiger partial charge in [0.05, 0.1) is 13.2 Å². The summed E-state index contributed by atoms with van der Waals surface area (Å²) in [6.45, 7) is 6.38. The molecule has 0 aromatic heterocycles. The minimum atomic E-state index is -0.966. The molecule has 0 saturated carbocycles. The lowest BCUT2D eigenvalue weighted by atomic mass is 10.3. The monoisotopic (exact) mass is 269 g/mol. The van der Waals surface area contributed by atoms with Crippen LogP contribution in [0.1, 0.15) is 6.92 Å². The number of morpholine rings is 1. The van der Waals surface area contributed by atoms with Gasteiger partial charge in [-0.05, 0) is 19.1 Å². The fraction of sp³-hybridized carbons (Fsp3) is 0.462. The maximum atomic E-state index is 10.9. The van der Waals surface area contributed by atoms with Gasteiger partial charge in [0, 0.05) is 6.54 Å². The Kier molecular flexibility index (Phi) is 5.95. The first-order chi connectivity index (χ1) is 9.08. The van der Waals surface area contributed by atoms with Crippen molar-refractivity contribution < 1.29 is 24.5 Å². The number of hydrogen-bond acceptors (Lipinski definition) is 4. The van der Waals surface area contributed by atoms with E-state index in [4.69, 9.17) is 14.6 Å². The van der Waals surface area contributed by atoms with Gasteiger partial charge < -0.3 is 24.6 Å². The number of rotatable bonds is 5. The van der Waals surface area contributed by atoms with Crippen LogP contribution in [-0.4, -0.2) is 53.6 Å². The van der Waals surface area contributed by atoms with Crippen molar-refractivity contribution in [1.82, 2.24) is 4.90 Å². The Morgan fingerprint density at radius 3 is 2.89 bits per heavy atom. The predicted octanol–water partition coefficient (Wildman–Crippen LogP) is 1.91. The van der Waals surface area contributed by atoms with Gasteiger partial charge in [-0.2, -0.15) is 0 Å². The zero-order valence-electron chi connectivity index (χ0n) is 10.9. The molecule has 19 heavy (non-hydrogen) atoms. The highest BCUT2D eigenvalue weighted by molar-refractivity contribution is 5.65. The Morgan fingerprint density at radius 2 is 2.32 bits per heavy atom. The smallest absolute Gasteiger partial charge is 0.407 e. The highest BCUT2D eigenvalue weighted by atomic mass is 16.5. The number of nitrogens with zero attached hydrogens (tertiary/aromatic N) is 1. The Morgan fingerprint density at radius 1 is 1.58 bits per heavy atom. The third kappa shape index (κ3) is 4.67. The summed E-state index contributed by atoms with van der Waals surface area (Å²) in [5.74, 6) is 0.220. The van der Waals surface area contributed by atoms with Crippen LogP contribution in [0.4, 0.5) is 4.79 Å². The molecule has 0 aromatic carbocycles. The van der Waals surface area contributed by atoms with Gasteiger partial charge >= 0.3 is 6.09 Å². The second kappa shape index (κ2) is 7.48. The van der Waals surface area contributed by atoms with Crippen molar-refractivity contribution in [2.75, 3.05) is 26.3 Å². The fourth-order valence-electron chi connectivity index (χ4n) is 1.64. The molecule has 0 bridgehead atoms. The molecule has 1 fully saturated rings. The van der Waals surface area contributed by atoms with E-state index in [0.717, 1.165) is 0 Å². The summed E-state index contributed by atoms with van der Waals surface area (Å²) in [7, 11) is 0. The summed E-state index contributed by atoms with van der Waals surface area (Å²) in [6, 6.07) is 0. The molecule has 2 N–H and O–H groups in total. The van der Waals surface area contributed by atoms with Crippen LogP contribution >= 0.6 is 0 Å². The fourth-order valence-corrected chi connectivity index (χ4v) is 1.64. The SMILES string of the molecule is C=C/C(O)=C(\C=C/C)OCC1CN(C(=O)O)CCO1. The molecule has 6 heteroatoms. The molecule has 1 unspecified atom stereocenters. The van der Waals surface area contributed by atoms with E-state index in [0.29, 0.717) is 13.2 Å². The van der Waals surface area contributed by atoms with E-state index in [9.17, 15) is 9.90 Å². The molecule has 0 radical (unpaired) electrons.